The molecule has 1 N–H and O–H groups in total. The van der Waals surface area contributed by atoms with Crippen LogP contribution in [-0.2, 0) is 0 Å². The highest BCUT2D eigenvalue weighted by atomic mass is 35.5. The van der Waals surface area contributed by atoms with Gasteiger partial charge in [-0.15, -0.1) is 0 Å². The Kier molecular flexibility index (Phi) is 3.69. The van der Waals surface area contributed by atoms with E-state index in [0.717, 1.165) is 23.1 Å². The molecule has 0 fully saturated rings. The molecule has 0 saturated carbocycles. The fraction of sp³-hybridized carbons (Fsp3) is 0.308. The van der Waals surface area contributed by atoms with Gasteiger partial charge in [-0.05, 0) is 25.5 Å². The highest BCUT2D eigenvalue weighted by Gasteiger charge is 2.13. The minimum Gasteiger partial charge on any atom is -0.356 e. The molecular formula is C13H16ClN3. The van der Waals surface area contributed by atoms with Gasteiger partial charge in [-0.1, -0.05) is 29.8 Å². The number of halogens is 1. The van der Waals surface area contributed by atoms with Crippen LogP contribution in [0, 0.1) is 0 Å². The van der Waals surface area contributed by atoms with Crippen molar-refractivity contribution in [3.63, 3.8) is 0 Å². The highest BCUT2D eigenvalue weighted by molar-refractivity contribution is 6.31. The second-order valence-electron chi connectivity index (χ2n) is 3.89. The Balaban J connectivity index is 2.34. The molecule has 1 unspecified atom stereocenters. The topological polar surface area (TPSA) is 29.9 Å². The minimum atomic E-state index is 0.167. The number of nitrogens with zero attached hydrogens (tertiary/aromatic N) is 2. The van der Waals surface area contributed by atoms with Crippen molar-refractivity contribution in [3.8, 4) is 0 Å². The molecule has 0 aliphatic carbocycles. The van der Waals surface area contributed by atoms with Gasteiger partial charge in [0.2, 0.25) is 5.95 Å². The Morgan fingerprint density at radius 1 is 1.41 bits per heavy atom. The van der Waals surface area contributed by atoms with Gasteiger partial charge < -0.3 is 9.88 Å². The van der Waals surface area contributed by atoms with Crippen molar-refractivity contribution in [2.75, 3.05) is 11.9 Å². The lowest BCUT2D eigenvalue weighted by Gasteiger charge is -2.18. The first-order valence-electron chi connectivity index (χ1n) is 5.75. The molecule has 1 aromatic carbocycles. The lowest BCUT2D eigenvalue weighted by molar-refractivity contribution is 0.644. The zero-order valence-electron chi connectivity index (χ0n) is 10.0. The summed E-state index contributed by atoms with van der Waals surface area (Å²) in [4.78, 5) is 4.29. The van der Waals surface area contributed by atoms with Crippen LogP contribution in [0.4, 0.5) is 5.95 Å². The van der Waals surface area contributed by atoms with Crippen LogP contribution in [0.25, 0.3) is 0 Å². The van der Waals surface area contributed by atoms with E-state index in [1.807, 2.05) is 30.5 Å². The van der Waals surface area contributed by atoms with Crippen molar-refractivity contribution >= 4 is 17.5 Å². The third-order valence-corrected chi connectivity index (χ3v) is 3.12. The molecule has 90 valence electrons. The fourth-order valence-corrected chi connectivity index (χ4v) is 2.18. The summed E-state index contributed by atoms with van der Waals surface area (Å²) in [7, 11) is 0. The fourth-order valence-electron chi connectivity index (χ4n) is 1.88. The van der Waals surface area contributed by atoms with E-state index >= 15 is 0 Å². The molecule has 0 amide bonds. The van der Waals surface area contributed by atoms with Crippen LogP contribution >= 0.6 is 11.6 Å². The summed E-state index contributed by atoms with van der Waals surface area (Å²) in [6.07, 6.45) is 3.76. The second-order valence-corrected chi connectivity index (χ2v) is 4.29. The number of hydrogen-bond donors (Lipinski definition) is 1. The maximum Gasteiger partial charge on any atom is 0.203 e. The summed E-state index contributed by atoms with van der Waals surface area (Å²) in [6, 6.07) is 8.07. The van der Waals surface area contributed by atoms with Crippen LogP contribution in [0.5, 0.6) is 0 Å². The van der Waals surface area contributed by atoms with Crippen LogP contribution in [0.3, 0.4) is 0 Å². The number of nitrogens with one attached hydrogen (secondary N) is 1. The Morgan fingerprint density at radius 3 is 2.88 bits per heavy atom. The molecule has 2 rings (SSSR count). The predicted octanol–water partition coefficient (Wildman–Crippen LogP) is 3.58. The normalized spacial score (nSPS) is 12.4. The molecule has 0 spiro atoms. The molecule has 2 aromatic rings. The number of imidazole rings is 1. The van der Waals surface area contributed by atoms with E-state index in [-0.39, 0.29) is 6.04 Å². The third kappa shape index (κ3) is 2.44. The molecule has 0 radical (unpaired) electrons. The van der Waals surface area contributed by atoms with Gasteiger partial charge in [0, 0.05) is 24.0 Å². The van der Waals surface area contributed by atoms with E-state index in [0.29, 0.717) is 0 Å². The molecule has 4 heteroatoms. The first-order chi connectivity index (χ1) is 8.24. The van der Waals surface area contributed by atoms with Crippen LogP contribution in [0.1, 0.15) is 25.5 Å². The van der Waals surface area contributed by atoms with Crippen LogP contribution < -0.4 is 5.32 Å². The molecule has 3 nitrogen and oxygen atoms in total. The molecule has 17 heavy (non-hydrogen) atoms. The summed E-state index contributed by atoms with van der Waals surface area (Å²) in [5, 5.41) is 4.02. The van der Waals surface area contributed by atoms with Crippen LogP contribution in [-0.4, -0.2) is 16.1 Å². The van der Waals surface area contributed by atoms with E-state index in [1.165, 1.54) is 0 Å². The molecule has 1 heterocycles. The minimum absolute atomic E-state index is 0.167. The molecule has 0 aliphatic heterocycles. The van der Waals surface area contributed by atoms with Crippen molar-refractivity contribution < 1.29 is 0 Å². The highest BCUT2D eigenvalue weighted by Crippen LogP contribution is 2.27. The van der Waals surface area contributed by atoms with Gasteiger partial charge in [-0.2, -0.15) is 0 Å². The Hall–Kier alpha value is -1.48. The van der Waals surface area contributed by atoms with Gasteiger partial charge in [-0.25, -0.2) is 4.98 Å². The van der Waals surface area contributed by atoms with Gasteiger partial charge in [0.25, 0.3) is 0 Å². The van der Waals surface area contributed by atoms with Crippen LogP contribution in [0.2, 0.25) is 5.02 Å². The zero-order chi connectivity index (χ0) is 12.3. The molecule has 1 aromatic heterocycles. The Labute approximate surface area is 106 Å². The third-order valence-electron chi connectivity index (χ3n) is 2.78. The van der Waals surface area contributed by atoms with E-state index in [1.54, 1.807) is 6.20 Å². The zero-order valence-corrected chi connectivity index (χ0v) is 10.8. The van der Waals surface area contributed by atoms with Crippen molar-refractivity contribution in [1.82, 2.24) is 9.55 Å². The van der Waals surface area contributed by atoms with Gasteiger partial charge >= 0.3 is 0 Å². The van der Waals surface area contributed by atoms with Crippen molar-refractivity contribution in [3.05, 3.63) is 47.2 Å². The summed E-state index contributed by atoms with van der Waals surface area (Å²) in [6.45, 7) is 5.02. The number of rotatable bonds is 4. The first kappa shape index (κ1) is 12.0. The predicted molar refractivity (Wildman–Crippen MR) is 71.7 cm³/mol. The maximum absolute atomic E-state index is 6.21. The standard InChI is InChI=1S/C13H16ClN3/c1-3-15-13-16-8-9-17(13)10(2)11-6-4-5-7-12(11)14/h4-10H,3H2,1-2H3,(H,15,16). The monoisotopic (exact) mass is 249 g/mol. The van der Waals surface area contributed by atoms with Crippen molar-refractivity contribution in [2.24, 2.45) is 0 Å². The summed E-state index contributed by atoms with van der Waals surface area (Å²) in [5.41, 5.74) is 1.10. The van der Waals surface area contributed by atoms with Gasteiger partial charge in [0.1, 0.15) is 0 Å². The quantitative estimate of drug-likeness (QED) is 0.898. The SMILES string of the molecule is CCNc1nccn1C(C)c1ccccc1Cl. The molecular weight excluding hydrogens is 234 g/mol. The summed E-state index contributed by atoms with van der Waals surface area (Å²) < 4.78 is 2.09. The van der Waals surface area contributed by atoms with Gasteiger partial charge in [-0.3, -0.25) is 0 Å². The lowest BCUT2D eigenvalue weighted by atomic mass is 10.1. The molecule has 1 atom stereocenters. The van der Waals surface area contributed by atoms with Gasteiger partial charge in [0.05, 0.1) is 6.04 Å². The number of hydrogen-bond acceptors (Lipinski definition) is 2. The lowest BCUT2D eigenvalue weighted by Crippen LogP contribution is -2.11. The molecule has 0 saturated heterocycles. The van der Waals surface area contributed by atoms with E-state index in [2.05, 4.69) is 28.7 Å². The van der Waals surface area contributed by atoms with E-state index < -0.39 is 0 Å². The average molecular weight is 250 g/mol. The van der Waals surface area contributed by atoms with Gasteiger partial charge in [0.15, 0.2) is 0 Å². The number of anilines is 1. The maximum atomic E-state index is 6.21. The molecule has 0 bridgehead atoms. The largest absolute Gasteiger partial charge is 0.356 e. The van der Waals surface area contributed by atoms with Crippen LogP contribution in [0.15, 0.2) is 36.7 Å². The smallest absolute Gasteiger partial charge is 0.203 e. The van der Waals surface area contributed by atoms with Crippen molar-refractivity contribution in [2.45, 2.75) is 19.9 Å². The average Bonchev–Trinajstić information content (AvgIpc) is 2.78. The van der Waals surface area contributed by atoms with Crippen molar-refractivity contribution in [1.29, 1.82) is 0 Å². The van der Waals surface area contributed by atoms with E-state index in [9.17, 15) is 0 Å². The number of benzene rings is 1. The first-order valence-corrected chi connectivity index (χ1v) is 6.13. The second kappa shape index (κ2) is 5.23. The summed E-state index contributed by atoms with van der Waals surface area (Å²) >= 11 is 6.21. The summed E-state index contributed by atoms with van der Waals surface area (Å²) in [5.74, 6) is 0.875. The Bertz CT molecular complexity index is 493. The Morgan fingerprint density at radius 2 is 2.18 bits per heavy atom. The van der Waals surface area contributed by atoms with E-state index in [4.69, 9.17) is 11.6 Å². The molecule has 0 aliphatic rings. The number of aromatic nitrogens is 2.